The van der Waals surface area contributed by atoms with Gasteiger partial charge in [-0.25, -0.2) is 0 Å². The lowest BCUT2D eigenvalue weighted by molar-refractivity contribution is -0.145. The van der Waals surface area contributed by atoms with Crippen molar-refractivity contribution in [1.29, 1.82) is 0 Å². The van der Waals surface area contributed by atoms with Crippen LogP contribution in [0.25, 0.3) is 0 Å². The van der Waals surface area contributed by atoms with E-state index in [1.807, 2.05) is 18.7 Å². The highest BCUT2D eigenvalue weighted by atomic mass is 16.2. The third-order valence-corrected chi connectivity index (χ3v) is 7.13. The molecule has 3 heterocycles. The maximum Gasteiger partial charge on any atom is 0.243 e. The summed E-state index contributed by atoms with van der Waals surface area (Å²) in [6.45, 7) is 6.05. The van der Waals surface area contributed by atoms with Crippen molar-refractivity contribution in [3.63, 3.8) is 0 Å². The van der Waals surface area contributed by atoms with Gasteiger partial charge in [-0.1, -0.05) is 13.8 Å². The first-order valence-corrected chi connectivity index (χ1v) is 12.9. The van der Waals surface area contributed by atoms with E-state index in [1.54, 1.807) is 4.90 Å². The average molecular weight is 493 g/mol. The lowest BCUT2D eigenvalue weighted by atomic mass is 9.94. The van der Waals surface area contributed by atoms with Crippen molar-refractivity contribution in [3.8, 4) is 0 Å². The number of amides is 5. The molecule has 0 aromatic heterocycles. The minimum absolute atomic E-state index is 0.0488. The third-order valence-electron chi connectivity index (χ3n) is 7.13. The highest BCUT2D eigenvalue weighted by Gasteiger charge is 2.40. The quantitative estimate of drug-likeness (QED) is 0.327. The normalized spacial score (nSPS) is 23.9. The molecule has 3 saturated heterocycles. The molecule has 3 atom stereocenters. The van der Waals surface area contributed by atoms with Gasteiger partial charge in [0.2, 0.25) is 29.5 Å². The summed E-state index contributed by atoms with van der Waals surface area (Å²) in [6.07, 6.45) is 4.71. The molecule has 0 aromatic rings. The number of nitrogens with two attached hydrogens (primary N) is 1. The van der Waals surface area contributed by atoms with Crippen LogP contribution in [0, 0.1) is 11.8 Å². The van der Waals surface area contributed by atoms with Crippen LogP contribution in [0.3, 0.4) is 0 Å². The van der Waals surface area contributed by atoms with E-state index in [1.165, 1.54) is 0 Å². The van der Waals surface area contributed by atoms with Crippen molar-refractivity contribution in [2.75, 3.05) is 32.7 Å². The van der Waals surface area contributed by atoms with Crippen molar-refractivity contribution < 1.29 is 24.0 Å². The zero-order valence-corrected chi connectivity index (χ0v) is 20.9. The molecule has 3 fully saturated rings. The maximum absolute atomic E-state index is 13.3. The molecule has 0 radical (unpaired) electrons. The van der Waals surface area contributed by atoms with E-state index in [9.17, 15) is 24.0 Å². The van der Waals surface area contributed by atoms with E-state index in [2.05, 4.69) is 16.0 Å². The van der Waals surface area contributed by atoms with E-state index in [-0.39, 0.29) is 42.1 Å². The van der Waals surface area contributed by atoms with Crippen molar-refractivity contribution >= 4 is 29.5 Å². The van der Waals surface area contributed by atoms with Crippen LogP contribution in [-0.4, -0.2) is 90.2 Å². The SMILES string of the molecule is CC(C)C[C@@H](NC(=O)[C@H]1CCCN1C(=O)C1CCN(C(=O)[C@@H]2CCCN2)CC1)C(=O)NCC(N)=O. The summed E-state index contributed by atoms with van der Waals surface area (Å²) in [5, 5.41) is 8.49. The average Bonchev–Trinajstić information content (AvgIpc) is 3.53. The standard InChI is InChI=1S/C24H40N6O5/c1-15(2)13-18(21(32)27-14-20(25)31)28-22(33)19-6-4-10-30(19)23(34)16-7-11-29(12-8-16)24(35)17-5-3-9-26-17/h15-19,26H,3-14H2,1-2H3,(H2,25,31)(H,27,32)(H,28,33)/t17-,18+,19+/m0/s1. The Morgan fingerprint density at radius 3 is 2.29 bits per heavy atom. The molecule has 35 heavy (non-hydrogen) atoms. The fraction of sp³-hybridized carbons (Fsp3) is 0.792. The van der Waals surface area contributed by atoms with Gasteiger partial charge in [-0.2, -0.15) is 0 Å². The van der Waals surface area contributed by atoms with E-state index in [0.29, 0.717) is 45.3 Å². The van der Waals surface area contributed by atoms with E-state index in [4.69, 9.17) is 5.73 Å². The van der Waals surface area contributed by atoms with Gasteiger partial charge in [0.25, 0.3) is 0 Å². The summed E-state index contributed by atoms with van der Waals surface area (Å²) in [5.41, 5.74) is 5.11. The molecule has 0 bridgehead atoms. The van der Waals surface area contributed by atoms with Crippen LogP contribution < -0.4 is 21.7 Å². The van der Waals surface area contributed by atoms with Gasteiger partial charge in [0, 0.05) is 25.6 Å². The first-order valence-electron chi connectivity index (χ1n) is 12.9. The summed E-state index contributed by atoms with van der Waals surface area (Å²) >= 11 is 0. The van der Waals surface area contributed by atoms with Crippen LogP contribution in [0.1, 0.15) is 58.8 Å². The zero-order chi connectivity index (χ0) is 25.5. The van der Waals surface area contributed by atoms with Gasteiger partial charge in [0.15, 0.2) is 0 Å². The van der Waals surface area contributed by atoms with Crippen LogP contribution in [0.2, 0.25) is 0 Å². The fourth-order valence-corrected chi connectivity index (χ4v) is 5.27. The molecule has 11 nitrogen and oxygen atoms in total. The van der Waals surface area contributed by atoms with Crippen molar-refractivity contribution in [3.05, 3.63) is 0 Å². The first-order chi connectivity index (χ1) is 16.7. The Bertz CT molecular complexity index is 804. The molecular formula is C24H40N6O5. The summed E-state index contributed by atoms with van der Waals surface area (Å²) < 4.78 is 0. The summed E-state index contributed by atoms with van der Waals surface area (Å²) in [7, 11) is 0. The van der Waals surface area contributed by atoms with Gasteiger partial charge in [0.1, 0.15) is 12.1 Å². The van der Waals surface area contributed by atoms with Gasteiger partial charge < -0.3 is 31.5 Å². The Morgan fingerprint density at radius 1 is 0.971 bits per heavy atom. The number of piperidine rings is 1. The Morgan fingerprint density at radius 2 is 1.69 bits per heavy atom. The number of carbonyl (C=O) groups is 5. The predicted octanol–water partition coefficient (Wildman–Crippen LogP) is -0.900. The number of nitrogens with zero attached hydrogens (tertiary/aromatic N) is 2. The molecule has 3 rings (SSSR count). The van der Waals surface area contributed by atoms with Gasteiger partial charge in [0.05, 0.1) is 12.6 Å². The van der Waals surface area contributed by atoms with Gasteiger partial charge >= 0.3 is 0 Å². The molecule has 0 unspecified atom stereocenters. The first kappa shape index (κ1) is 26.9. The second-order valence-electron chi connectivity index (χ2n) is 10.3. The number of hydrogen-bond donors (Lipinski definition) is 4. The number of carbonyl (C=O) groups excluding carboxylic acids is 5. The maximum atomic E-state index is 13.3. The molecule has 196 valence electrons. The predicted molar refractivity (Wildman–Crippen MR) is 129 cm³/mol. The summed E-state index contributed by atoms with van der Waals surface area (Å²) in [6, 6.07) is -1.53. The number of likely N-dealkylation sites (tertiary alicyclic amines) is 2. The largest absolute Gasteiger partial charge is 0.368 e. The van der Waals surface area contributed by atoms with E-state index < -0.39 is 23.9 Å². The Balaban J connectivity index is 1.55. The Kier molecular flexibility index (Phi) is 9.47. The monoisotopic (exact) mass is 492 g/mol. The van der Waals surface area contributed by atoms with Gasteiger partial charge in [-0.15, -0.1) is 0 Å². The minimum Gasteiger partial charge on any atom is -0.368 e. The van der Waals surface area contributed by atoms with E-state index in [0.717, 1.165) is 25.8 Å². The van der Waals surface area contributed by atoms with Crippen molar-refractivity contribution in [2.45, 2.75) is 76.9 Å². The molecule has 0 spiro atoms. The lowest BCUT2D eigenvalue weighted by Crippen LogP contribution is -2.55. The Labute approximate surface area is 206 Å². The topological polar surface area (TPSA) is 154 Å². The van der Waals surface area contributed by atoms with Gasteiger partial charge in [-0.05, 0) is 57.4 Å². The molecule has 11 heteroatoms. The van der Waals surface area contributed by atoms with E-state index >= 15 is 0 Å². The van der Waals surface area contributed by atoms with Crippen molar-refractivity contribution in [2.24, 2.45) is 17.6 Å². The number of hydrogen-bond acceptors (Lipinski definition) is 6. The molecule has 3 aliphatic rings. The summed E-state index contributed by atoms with van der Waals surface area (Å²) in [5.74, 6) is -1.48. The highest BCUT2D eigenvalue weighted by molar-refractivity contribution is 5.94. The summed E-state index contributed by atoms with van der Waals surface area (Å²) in [4.78, 5) is 66.1. The Hall–Kier alpha value is -2.69. The highest BCUT2D eigenvalue weighted by Crippen LogP contribution is 2.26. The molecule has 3 aliphatic heterocycles. The molecule has 0 aromatic carbocycles. The molecule has 0 aliphatic carbocycles. The fourth-order valence-electron chi connectivity index (χ4n) is 5.27. The third kappa shape index (κ3) is 7.16. The number of primary amides is 1. The van der Waals surface area contributed by atoms with Crippen molar-refractivity contribution in [1.82, 2.24) is 25.8 Å². The number of rotatable bonds is 9. The lowest BCUT2D eigenvalue weighted by Gasteiger charge is -2.35. The molecule has 0 saturated carbocycles. The van der Waals surface area contributed by atoms with Crippen LogP contribution in [0.5, 0.6) is 0 Å². The molecule has 5 amide bonds. The molecular weight excluding hydrogens is 452 g/mol. The van der Waals surface area contributed by atoms with Crippen LogP contribution >= 0.6 is 0 Å². The zero-order valence-electron chi connectivity index (χ0n) is 20.9. The molecule has 5 N–H and O–H groups in total. The smallest absolute Gasteiger partial charge is 0.243 e. The number of nitrogens with one attached hydrogen (secondary N) is 3. The van der Waals surface area contributed by atoms with Crippen LogP contribution in [0.15, 0.2) is 0 Å². The van der Waals surface area contributed by atoms with Gasteiger partial charge in [-0.3, -0.25) is 24.0 Å². The van der Waals surface area contributed by atoms with Crippen LogP contribution in [0.4, 0.5) is 0 Å². The van der Waals surface area contributed by atoms with Crippen LogP contribution in [-0.2, 0) is 24.0 Å². The minimum atomic E-state index is -0.808. The second kappa shape index (κ2) is 12.3. The second-order valence-corrected chi connectivity index (χ2v) is 10.3.